The van der Waals surface area contributed by atoms with Gasteiger partial charge >= 0.3 is 0 Å². The topological polar surface area (TPSA) is 112 Å². The number of aromatic nitrogens is 2. The Kier molecular flexibility index (Phi) is 6.05. The minimum Gasteiger partial charge on any atom is -0.493 e. The summed E-state index contributed by atoms with van der Waals surface area (Å²) < 4.78 is 18.1. The highest BCUT2D eigenvalue weighted by Gasteiger charge is 2.34. The molecule has 168 valence electrons. The van der Waals surface area contributed by atoms with Crippen molar-refractivity contribution < 1.29 is 14.2 Å². The van der Waals surface area contributed by atoms with E-state index in [1.165, 1.54) is 0 Å². The van der Waals surface area contributed by atoms with Crippen molar-refractivity contribution in [1.29, 1.82) is 5.26 Å². The monoisotopic (exact) mass is 444 g/mol. The molecule has 0 spiro atoms. The Balaban J connectivity index is 1.76. The van der Waals surface area contributed by atoms with Crippen molar-refractivity contribution in [3.63, 3.8) is 0 Å². The van der Waals surface area contributed by atoms with Gasteiger partial charge in [0.25, 0.3) is 5.56 Å². The molecule has 0 radical (unpaired) electrons. The zero-order valence-corrected chi connectivity index (χ0v) is 18.7. The third-order valence-electron chi connectivity index (χ3n) is 5.78. The van der Waals surface area contributed by atoms with Gasteiger partial charge in [-0.25, -0.2) is 0 Å². The van der Waals surface area contributed by atoms with E-state index in [0.29, 0.717) is 41.3 Å². The van der Waals surface area contributed by atoms with E-state index in [1.807, 2.05) is 31.2 Å². The van der Waals surface area contributed by atoms with Crippen molar-refractivity contribution in [3.8, 4) is 23.3 Å². The standard InChI is InChI=1S/C25H24N4O4/c1-15-11-21-23(22(17-5-4-9-28-14-17)18(13-26)24(27)33-21)25(30)29(15)10-8-16-6-7-19(31-2)20(12-16)32-3/h4-7,9,11-12,14,22H,8,10,27H2,1-3H3/t22-/m0/s1. The Morgan fingerprint density at radius 2 is 2.00 bits per heavy atom. The molecule has 0 unspecified atom stereocenters. The average molecular weight is 444 g/mol. The molecule has 1 aliphatic heterocycles. The second kappa shape index (κ2) is 9.09. The predicted octanol–water partition coefficient (Wildman–Crippen LogP) is 3.03. The van der Waals surface area contributed by atoms with Gasteiger partial charge in [0, 0.05) is 30.7 Å². The molecular formula is C25H24N4O4. The molecular weight excluding hydrogens is 420 g/mol. The van der Waals surface area contributed by atoms with Gasteiger partial charge in [-0.1, -0.05) is 12.1 Å². The fraction of sp³-hybridized carbons (Fsp3) is 0.240. The first-order chi connectivity index (χ1) is 16.0. The van der Waals surface area contributed by atoms with E-state index in [4.69, 9.17) is 19.9 Å². The number of fused-ring (bicyclic) bond motifs is 1. The smallest absolute Gasteiger partial charge is 0.258 e. The van der Waals surface area contributed by atoms with Gasteiger partial charge in [-0.15, -0.1) is 0 Å². The molecule has 1 aliphatic rings. The summed E-state index contributed by atoms with van der Waals surface area (Å²) >= 11 is 0. The van der Waals surface area contributed by atoms with Gasteiger partial charge in [0.15, 0.2) is 11.5 Å². The third kappa shape index (κ3) is 4.01. The minimum atomic E-state index is -0.645. The fourth-order valence-electron chi connectivity index (χ4n) is 4.12. The Bertz CT molecular complexity index is 1320. The quantitative estimate of drug-likeness (QED) is 0.622. The van der Waals surface area contributed by atoms with Gasteiger partial charge in [0.1, 0.15) is 17.4 Å². The molecule has 0 saturated heterocycles. The summed E-state index contributed by atoms with van der Waals surface area (Å²) in [5.74, 6) is 1.00. The van der Waals surface area contributed by atoms with E-state index in [2.05, 4.69) is 11.1 Å². The number of ether oxygens (including phenoxy) is 3. The van der Waals surface area contributed by atoms with Crippen LogP contribution in [-0.4, -0.2) is 23.8 Å². The van der Waals surface area contributed by atoms with Gasteiger partial charge < -0.3 is 24.5 Å². The molecule has 0 fully saturated rings. The molecule has 3 heterocycles. The molecule has 8 nitrogen and oxygen atoms in total. The zero-order valence-electron chi connectivity index (χ0n) is 18.7. The normalized spacial score (nSPS) is 14.8. The molecule has 4 rings (SSSR count). The summed E-state index contributed by atoms with van der Waals surface area (Å²) in [7, 11) is 3.18. The van der Waals surface area contributed by atoms with Crippen LogP contribution in [0.25, 0.3) is 0 Å². The number of hydrogen-bond donors (Lipinski definition) is 1. The van der Waals surface area contributed by atoms with Crippen LogP contribution in [0, 0.1) is 18.3 Å². The second-order valence-corrected chi connectivity index (χ2v) is 7.67. The van der Waals surface area contributed by atoms with Crippen molar-refractivity contribution in [2.45, 2.75) is 25.8 Å². The Morgan fingerprint density at radius 3 is 2.67 bits per heavy atom. The highest BCUT2D eigenvalue weighted by atomic mass is 16.5. The number of pyridine rings is 2. The van der Waals surface area contributed by atoms with Crippen LogP contribution in [0.4, 0.5) is 0 Å². The van der Waals surface area contributed by atoms with Crippen molar-refractivity contribution >= 4 is 0 Å². The number of allylic oxidation sites excluding steroid dienone is 1. The van der Waals surface area contributed by atoms with Crippen molar-refractivity contribution in [1.82, 2.24) is 9.55 Å². The maximum Gasteiger partial charge on any atom is 0.258 e. The summed E-state index contributed by atoms with van der Waals surface area (Å²) in [6, 6.07) is 13.2. The zero-order chi connectivity index (χ0) is 23.5. The molecule has 0 bridgehead atoms. The van der Waals surface area contributed by atoms with Crippen LogP contribution >= 0.6 is 0 Å². The molecule has 3 aromatic rings. The van der Waals surface area contributed by atoms with E-state index in [1.54, 1.807) is 43.3 Å². The second-order valence-electron chi connectivity index (χ2n) is 7.67. The first-order valence-corrected chi connectivity index (χ1v) is 10.4. The summed E-state index contributed by atoms with van der Waals surface area (Å²) in [6.45, 7) is 2.28. The SMILES string of the molecule is COc1ccc(CCn2c(C)cc3c(c2=O)[C@@H](c2cccnc2)C(C#N)=C(N)O3)cc1OC. The highest BCUT2D eigenvalue weighted by molar-refractivity contribution is 5.54. The van der Waals surface area contributed by atoms with Crippen LogP contribution in [0.15, 0.2) is 65.0 Å². The summed E-state index contributed by atoms with van der Waals surface area (Å²) in [4.78, 5) is 17.8. The fourth-order valence-corrected chi connectivity index (χ4v) is 4.12. The number of nitrogens with zero attached hydrogens (tertiary/aromatic N) is 3. The lowest BCUT2D eigenvalue weighted by Gasteiger charge is -2.27. The van der Waals surface area contributed by atoms with Crippen molar-refractivity contribution in [3.05, 3.63) is 93.0 Å². The first kappa shape index (κ1) is 22.0. The largest absolute Gasteiger partial charge is 0.493 e. The summed E-state index contributed by atoms with van der Waals surface area (Å²) in [5.41, 5.74) is 8.83. The molecule has 2 aromatic heterocycles. The lowest BCUT2D eigenvalue weighted by atomic mass is 9.85. The maximum absolute atomic E-state index is 13.7. The Hall–Kier alpha value is -4.25. The van der Waals surface area contributed by atoms with E-state index in [9.17, 15) is 10.1 Å². The van der Waals surface area contributed by atoms with Crippen LogP contribution in [0.3, 0.4) is 0 Å². The van der Waals surface area contributed by atoms with Crippen LogP contribution in [-0.2, 0) is 13.0 Å². The van der Waals surface area contributed by atoms with Crippen molar-refractivity contribution in [2.75, 3.05) is 14.2 Å². The molecule has 0 amide bonds. The number of benzene rings is 1. The Labute approximate surface area is 191 Å². The van der Waals surface area contributed by atoms with Crippen LogP contribution < -0.4 is 25.5 Å². The van der Waals surface area contributed by atoms with Gasteiger partial charge in [-0.2, -0.15) is 5.26 Å². The number of nitriles is 1. The predicted molar refractivity (Wildman–Crippen MR) is 122 cm³/mol. The number of rotatable bonds is 6. The van der Waals surface area contributed by atoms with Crippen molar-refractivity contribution in [2.24, 2.45) is 5.73 Å². The molecule has 1 aromatic carbocycles. The number of aryl methyl sites for hydroxylation is 2. The molecule has 8 heteroatoms. The van der Waals surface area contributed by atoms with Gasteiger partial charge in [0.05, 0.1) is 25.7 Å². The lowest BCUT2D eigenvalue weighted by molar-refractivity contribution is 0.354. The average Bonchev–Trinajstić information content (AvgIpc) is 2.83. The third-order valence-corrected chi connectivity index (χ3v) is 5.78. The number of nitrogens with two attached hydrogens (primary N) is 1. The Morgan fingerprint density at radius 1 is 1.21 bits per heavy atom. The number of hydrogen-bond acceptors (Lipinski definition) is 7. The van der Waals surface area contributed by atoms with Crippen LogP contribution in [0.2, 0.25) is 0 Å². The minimum absolute atomic E-state index is 0.000677. The first-order valence-electron chi connectivity index (χ1n) is 10.4. The van der Waals surface area contributed by atoms with Gasteiger partial charge in [-0.05, 0) is 42.7 Å². The molecule has 1 atom stereocenters. The van der Waals surface area contributed by atoms with E-state index >= 15 is 0 Å². The molecule has 0 saturated carbocycles. The highest BCUT2D eigenvalue weighted by Crippen LogP contribution is 2.40. The van der Waals surface area contributed by atoms with E-state index in [-0.39, 0.29) is 17.0 Å². The molecule has 0 aliphatic carbocycles. The van der Waals surface area contributed by atoms with Gasteiger partial charge in [-0.3, -0.25) is 9.78 Å². The van der Waals surface area contributed by atoms with E-state index < -0.39 is 5.92 Å². The summed E-state index contributed by atoms with van der Waals surface area (Å²) in [6.07, 6.45) is 3.87. The van der Waals surface area contributed by atoms with Crippen LogP contribution in [0.1, 0.15) is 28.3 Å². The molecule has 33 heavy (non-hydrogen) atoms. The van der Waals surface area contributed by atoms with E-state index in [0.717, 1.165) is 11.3 Å². The van der Waals surface area contributed by atoms with Gasteiger partial charge in [0.2, 0.25) is 5.88 Å². The number of methoxy groups -OCH3 is 2. The molecule has 2 N–H and O–H groups in total. The summed E-state index contributed by atoms with van der Waals surface area (Å²) in [5, 5.41) is 9.76. The maximum atomic E-state index is 13.7. The van der Waals surface area contributed by atoms with Crippen LogP contribution in [0.5, 0.6) is 17.2 Å². The lowest BCUT2D eigenvalue weighted by Crippen LogP contribution is -2.33.